The van der Waals surface area contributed by atoms with Crippen LogP contribution in [-0.4, -0.2) is 55.1 Å². The van der Waals surface area contributed by atoms with E-state index in [0.717, 1.165) is 25.1 Å². The fourth-order valence-corrected chi connectivity index (χ4v) is 2.49. The summed E-state index contributed by atoms with van der Waals surface area (Å²) >= 11 is 0. The summed E-state index contributed by atoms with van der Waals surface area (Å²) in [5, 5.41) is 6.12. The van der Waals surface area contributed by atoms with Crippen molar-refractivity contribution in [2.45, 2.75) is 20.3 Å². The van der Waals surface area contributed by atoms with Gasteiger partial charge in [0, 0.05) is 12.6 Å². The van der Waals surface area contributed by atoms with Crippen LogP contribution in [0, 0.1) is 13.8 Å². The van der Waals surface area contributed by atoms with Gasteiger partial charge >= 0.3 is 0 Å². The summed E-state index contributed by atoms with van der Waals surface area (Å²) in [6.07, 6.45) is 0.984. The number of nitrogens with zero attached hydrogens (tertiary/aromatic N) is 3. The van der Waals surface area contributed by atoms with Crippen molar-refractivity contribution in [3.63, 3.8) is 0 Å². The van der Waals surface area contributed by atoms with Crippen LogP contribution in [0.3, 0.4) is 0 Å². The van der Waals surface area contributed by atoms with Crippen LogP contribution in [0.2, 0.25) is 0 Å². The van der Waals surface area contributed by atoms with Gasteiger partial charge in [0.2, 0.25) is 0 Å². The molecular weight excluding hydrogens is 330 g/mol. The number of anilines is 2. The average Bonchev–Trinajstić information content (AvgIpc) is 2.58. The zero-order chi connectivity index (χ0) is 19.1. The normalized spacial score (nSPS) is 10.7. The molecule has 2 rings (SSSR count). The molecular formula is C19H27N5O2. The molecule has 0 aliphatic carbocycles. The SMILES string of the molecule is COc1ccc(C)cc1NC(=O)c1cc(NCCCN(C)C)nc(C)n1. The quantitative estimate of drug-likeness (QED) is 0.707. The van der Waals surface area contributed by atoms with Gasteiger partial charge in [-0.3, -0.25) is 4.79 Å². The van der Waals surface area contributed by atoms with Crippen molar-refractivity contribution in [3.8, 4) is 5.75 Å². The molecule has 7 nitrogen and oxygen atoms in total. The number of rotatable bonds is 8. The molecule has 0 fully saturated rings. The van der Waals surface area contributed by atoms with E-state index in [2.05, 4.69) is 25.5 Å². The van der Waals surface area contributed by atoms with Crippen LogP contribution in [-0.2, 0) is 0 Å². The summed E-state index contributed by atoms with van der Waals surface area (Å²) in [6.45, 7) is 5.49. The lowest BCUT2D eigenvalue weighted by molar-refractivity contribution is 0.102. The molecule has 2 aromatic rings. The Balaban J connectivity index is 2.10. The van der Waals surface area contributed by atoms with E-state index in [1.807, 2.05) is 39.2 Å². The second kappa shape index (κ2) is 9.15. The van der Waals surface area contributed by atoms with Crippen molar-refractivity contribution in [3.05, 3.63) is 41.3 Å². The standard InChI is InChI=1S/C19H27N5O2/c1-13-7-8-17(26-5)15(11-13)23-19(25)16-12-18(22-14(2)21-16)20-9-6-10-24(3)4/h7-8,11-12H,6,9-10H2,1-5H3,(H,23,25)(H,20,21,22). The van der Waals surface area contributed by atoms with Crippen LogP contribution in [0.5, 0.6) is 5.75 Å². The Labute approximate surface area is 154 Å². The molecule has 140 valence electrons. The Hall–Kier alpha value is -2.67. The number of benzene rings is 1. The maximum absolute atomic E-state index is 12.6. The summed E-state index contributed by atoms with van der Waals surface area (Å²) in [5.41, 5.74) is 1.97. The summed E-state index contributed by atoms with van der Waals surface area (Å²) in [6, 6.07) is 7.29. The number of aryl methyl sites for hydroxylation is 2. The first kappa shape index (κ1) is 19.7. The van der Waals surface area contributed by atoms with Gasteiger partial charge in [0.15, 0.2) is 0 Å². The lowest BCUT2D eigenvalue weighted by Crippen LogP contribution is -2.18. The molecule has 0 bridgehead atoms. The molecule has 0 aliphatic rings. The highest BCUT2D eigenvalue weighted by Gasteiger charge is 2.13. The van der Waals surface area contributed by atoms with Crippen molar-refractivity contribution >= 4 is 17.4 Å². The smallest absolute Gasteiger partial charge is 0.274 e. The van der Waals surface area contributed by atoms with Crippen LogP contribution < -0.4 is 15.4 Å². The van der Waals surface area contributed by atoms with Crippen LogP contribution in [0.25, 0.3) is 0 Å². The van der Waals surface area contributed by atoms with Gasteiger partial charge in [0.1, 0.15) is 23.1 Å². The highest BCUT2D eigenvalue weighted by molar-refractivity contribution is 6.04. The number of amides is 1. The molecule has 2 N–H and O–H groups in total. The zero-order valence-electron chi connectivity index (χ0n) is 16.1. The van der Waals surface area contributed by atoms with E-state index in [1.165, 1.54) is 0 Å². The van der Waals surface area contributed by atoms with E-state index >= 15 is 0 Å². The molecule has 0 saturated carbocycles. The highest BCUT2D eigenvalue weighted by Crippen LogP contribution is 2.25. The van der Waals surface area contributed by atoms with Gasteiger partial charge in [-0.1, -0.05) is 6.07 Å². The number of methoxy groups -OCH3 is 1. The van der Waals surface area contributed by atoms with Crippen molar-refractivity contribution in [1.29, 1.82) is 0 Å². The molecule has 7 heteroatoms. The molecule has 0 radical (unpaired) electrons. The third-order valence-corrected chi connectivity index (χ3v) is 3.76. The molecule has 0 unspecified atom stereocenters. The average molecular weight is 357 g/mol. The topological polar surface area (TPSA) is 79.4 Å². The predicted octanol–water partition coefficient (Wildman–Crippen LogP) is 2.72. The summed E-state index contributed by atoms with van der Waals surface area (Å²) in [5.74, 6) is 1.51. The molecule has 0 spiro atoms. The van der Waals surface area contributed by atoms with Gasteiger partial charge in [-0.2, -0.15) is 0 Å². The third kappa shape index (κ3) is 5.70. The van der Waals surface area contributed by atoms with Crippen LogP contribution in [0.15, 0.2) is 24.3 Å². The minimum atomic E-state index is -0.296. The largest absolute Gasteiger partial charge is 0.495 e. The molecule has 1 aromatic heterocycles. The fourth-order valence-electron chi connectivity index (χ4n) is 2.49. The minimum Gasteiger partial charge on any atom is -0.495 e. The van der Waals surface area contributed by atoms with Gasteiger partial charge in [0.05, 0.1) is 12.8 Å². The Kier molecular flexibility index (Phi) is 6.91. The van der Waals surface area contributed by atoms with Gasteiger partial charge in [0.25, 0.3) is 5.91 Å². The van der Waals surface area contributed by atoms with Crippen LogP contribution >= 0.6 is 0 Å². The first-order valence-electron chi connectivity index (χ1n) is 8.59. The Morgan fingerprint density at radius 2 is 1.96 bits per heavy atom. The first-order valence-corrected chi connectivity index (χ1v) is 8.59. The predicted molar refractivity (Wildman–Crippen MR) is 104 cm³/mol. The number of carbonyl (C=O) groups excluding carboxylic acids is 1. The van der Waals surface area contributed by atoms with Crippen LogP contribution in [0.1, 0.15) is 28.3 Å². The molecule has 1 aromatic carbocycles. The number of hydrogen-bond donors (Lipinski definition) is 2. The molecule has 26 heavy (non-hydrogen) atoms. The summed E-state index contributed by atoms with van der Waals surface area (Å²) in [7, 11) is 5.65. The molecule has 1 heterocycles. The zero-order valence-corrected chi connectivity index (χ0v) is 16.1. The molecule has 0 atom stereocenters. The number of nitrogens with one attached hydrogen (secondary N) is 2. The lowest BCUT2D eigenvalue weighted by atomic mass is 10.2. The van der Waals surface area contributed by atoms with E-state index in [1.54, 1.807) is 20.1 Å². The number of hydrogen-bond acceptors (Lipinski definition) is 6. The molecule has 1 amide bonds. The van der Waals surface area contributed by atoms with E-state index in [4.69, 9.17) is 4.74 Å². The molecule has 0 aliphatic heterocycles. The van der Waals surface area contributed by atoms with E-state index in [0.29, 0.717) is 28.8 Å². The maximum Gasteiger partial charge on any atom is 0.274 e. The van der Waals surface area contributed by atoms with Crippen molar-refractivity contribution < 1.29 is 9.53 Å². The van der Waals surface area contributed by atoms with Gasteiger partial charge in [-0.05, 0) is 58.6 Å². The Morgan fingerprint density at radius 3 is 2.65 bits per heavy atom. The summed E-state index contributed by atoms with van der Waals surface area (Å²) in [4.78, 5) is 23.4. The van der Waals surface area contributed by atoms with Gasteiger partial charge < -0.3 is 20.3 Å². The first-order chi connectivity index (χ1) is 12.4. The summed E-state index contributed by atoms with van der Waals surface area (Å²) < 4.78 is 5.31. The maximum atomic E-state index is 12.6. The molecule has 0 saturated heterocycles. The number of aromatic nitrogens is 2. The fraction of sp³-hybridized carbons (Fsp3) is 0.421. The minimum absolute atomic E-state index is 0.296. The lowest BCUT2D eigenvalue weighted by Gasteiger charge is -2.13. The van der Waals surface area contributed by atoms with Crippen molar-refractivity contribution in [2.24, 2.45) is 0 Å². The highest BCUT2D eigenvalue weighted by atomic mass is 16.5. The third-order valence-electron chi connectivity index (χ3n) is 3.76. The van der Waals surface area contributed by atoms with Gasteiger partial charge in [-0.25, -0.2) is 9.97 Å². The van der Waals surface area contributed by atoms with E-state index in [-0.39, 0.29) is 5.91 Å². The number of carbonyl (C=O) groups is 1. The monoisotopic (exact) mass is 357 g/mol. The van der Waals surface area contributed by atoms with E-state index in [9.17, 15) is 4.79 Å². The second-order valence-electron chi connectivity index (χ2n) is 6.43. The second-order valence-corrected chi connectivity index (χ2v) is 6.43. The van der Waals surface area contributed by atoms with Crippen LogP contribution in [0.4, 0.5) is 11.5 Å². The van der Waals surface area contributed by atoms with Crippen molar-refractivity contribution in [1.82, 2.24) is 14.9 Å². The Bertz CT molecular complexity index is 762. The van der Waals surface area contributed by atoms with Crippen molar-refractivity contribution in [2.75, 3.05) is 44.9 Å². The number of ether oxygens (including phenoxy) is 1. The van der Waals surface area contributed by atoms with E-state index < -0.39 is 0 Å². The Morgan fingerprint density at radius 1 is 1.19 bits per heavy atom. The van der Waals surface area contributed by atoms with Gasteiger partial charge in [-0.15, -0.1) is 0 Å².